The normalized spacial score (nSPS) is 18.0. The summed E-state index contributed by atoms with van der Waals surface area (Å²) in [5, 5.41) is 6.13. The van der Waals surface area contributed by atoms with Gasteiger partial charge in [0.25, 0.3) is 0 Å². The van der Waals surface area contributed by atoms with E-state index < -0.39 is 5.41 Å². The number of amides is 1. The molecule has 7 nitrogen and oxygen atoms in total. The lowest BCUT2D eigenvalue weighted by molar-refractivity contribution is -0.149. The summed E-state index contributed by atoms with van der Waals surface area (Å²) < 4.78 is 5.16. The molecule has 1 aliphatic heterocycles. The summed E-state index contributed by atoms with van der Waals surface area (Å²) in [6.07, 6.45) is 1.77. The average molecular weight is 482 g/mol. The minimum Gasteiger partial charge on any atom is -0.466 e. The Morgan fingerprint density at radius 1 is 1.19 bits per heavy atom. The zero-order valence-corrected chi connectivity index (χ0v) is 19.1. The van der Waals surface area contributed by atoms with E-state index in [1.165, 1.54) is 0 Å². The zero-order chi connectivity index (χ0) is 18.9. The van der Waals surface area contributed by atoms with Gasteiger partial charge in [0.05, 0.1) is 24.5 Å². The van der Waals surface area contributed by atoms with Crippen LogP contribution in [0.4, 0.5) is 0 Å². The van der Waals surface area contributed by atoms with Crippen molar-refractivity contribution in [2.75, 3.05) is 39.3 Å². The smallest absolute Gasteiger partial charge is 0.310 e. The summed E-state index contributed by atoms with van der Waals surface area (Å²) >= 11 is 0. The van der Waals surface area contributed by atoms with Gasteiger partial charge in [-0.1, -0.05) is 0 Å². The monoisotopic (exact) mass is 482 g/mol. The molecule has 2 N–H and O–H groups in total. The molecule has 1 saturated heterocycles. The fourth-order valence-electron chi connectivity index (χ4n) is 2.79. The minimum absolute atomic E-state index is 0. The Bertz CT molecular complexity index is 483. The van der Waals surface area contributed by atoms with Crippen LogP contribution in [0, 0.1) is 11.3 Å². The molecule has 1 atom stereocenters. The highest BCUT2D eigenvalue weighted by Crippen LogP contribution is 2.19. The van der Waals surface area contributed by atoms with Crippen LogP contribution in [-0.2, 0) is 14.3 Å². The molecule has 1 amide bonds. The summed E-state index contributed by atoms with van der Waals surface area (Å²) in [5.74, 6) is 0.506. The third-order valence-corrected chi connectivity index (χ3v) is 4.25. The summed E-state index contributed by atoms with van der Waals surface area (Å²) in [4.78, 5) is 31.0. The largest absolute Gasteiger partial charge is 0.466 e. The number of nitrogens with one attached hydrogen (secondary N) is 2. The van der Waals surface area contributed by atoms with E-state index in [9.17, 15) is 9.59 Å². The summed E-state index contributed by atoms with van der Waals surface area (Å²) in [5.41, 5.74) is -0.576. The average Bonchev–Trinajstić information content (AvgIpc) is 2.59. The standard InChI is InChI=1S/C18H34N4O3.HI/c1-6-19-16(24)18(4,5)13-21-17(20-7-2)22-11-9-10-14(12-22)15(23)25-8-3;/h14H,6-13H2,1-5H3,(H,19,24)(H,20,21);1H. The number of guanidine groups is 1. The lowest BCUT2D eigenvalue weighted by Gasteiger charge is -2.34. The topological polar surface area (TPSA) is 83.0 Å². The number of rotatable bonds is 7. The lowest BCUT2D eigenvalue weighted by atomic mass is 9.92. The van der Waals surface area contributed by atoms with Crippen molar-refractivity contribution in [1.29, 1.82) is 0 Å². The number of carbonyl (C=O) groups excluding carboxylic acids is 2. The van der Waals surface area contributed by atoms with Gasteiger partial charge in [-0.2, -0.15) is 0 Å². The van der Waals surface area contributed by atoms with E-state index in [4.69, 9.17) is 4.74 Å². The van der Waals surface area contributed by atoms with Crippen molar-refractivity contribution in [2.45, 2.75) is 47.5 Å². The molecule has 0 radical (unpaired) electrons. The van der Waals surface area contributed by atoms with Gasteiger partial charge in [-0.15, -0.1) is 24.0 Å². The lowest BCUT2D eigenvalue weighted by Crippen LogP contribution is -2.49. The zero-order valence-electron chi connectivity index (χ0n) is 16.8. The van der Waals surface area contributed by atoms with Crippen LogP contribution in [0.1, 0.15) is 47.5 Å². The van der Waals surface area contributed by atoms with Gasteiger partial charge in [0.1, 0.15) is 0 Å². The van der Waals surface area contributed by atoms with Crippen LogP contribution in [0.3, 0.4) is 0 Å². The van der Waals surface area contributed by atoms with E-state index >= 15 is 0 Å². The Kier molecular flexibility index (Phi) is 11.8. The van der Waals surface area contributed by atoms with Crippen LogP contribution in [0.5, 0.6) is 0 Å². The highest BCUT2D eigenvalue weighted by Gasteiger charge is 2.30. The third kappa shape index (κ3) is 7.67. The van der Waals surface area contributed by atoms with Crippen LogP contribution in [0.25, 0.3) is 0 Å². The number of aliphatic imine (C=N–C) groups is 1. The van der Waals surface area contributed by atoms with Crippen LogP contribution in [0.2, 0.25) is 0 Å². The first-order valence-electron chi connectivity index (χ1n) is 9.33. The van der Waals surface area contributed by atoms with E-state index in [1.807, 2.05) is 34.6 Å². The van der Waals surface area contributed by atoms with Gasteiger partial charge in [0, 0.05) is 26.2 Å². The quantitative estimate of drug-likeness (QED) is 0.251. The molecular weight excluding hydrogens is 447 g/mol. The van der Waals surface area contributed by atoms with E-state index in [2.05, 4.69) is 20.5 Å². The molecule has 0 spiro atoms. The van der Waals surface area contributed by atoms with Gasteiger partial charge in [0.15, 0.2) is 5.96 Å². The van der Waals surface area contributed by atoms with Crippen molar-refractivity contribution >= 4 is 41.8 Å². The maximum Gasteiger partial charge on any atom is 0.310 e. The maximum atomic E-state index is 12.1. The highest BCUT2D eigenvalue weighted by molar-refractivity contribution is 14.0. The van der Waals surface area contributed by atoms with Crippen LogP contribution < -0.4 is 10.6 Å². The second-order valence-corrected chi connectivity index (χ2v) is 6.95. The molecular formula is C18H35IN4O3. The fourth-order valence-corrected chi connectivity index (χ4v) is 2.79. The van der Waals surface area contributed by atoms with Crippen molar-refractivity contribution < 1.29 is 14.3 Å². The summed E-state index contributed by atoms with van der Waals surface area (Å²) in [7, 11) is 0. The number of hydrogen-bond acceptors (Lipinski definition) is 4. The van der Waals surface area contributed by atoms with Crippen molar-refractivity contribution in [2.24, 2.45) is 16.3 Å². The molecule has 0 saturated carbocycles. The van der Waals surface area contributed by atoms with E-state index in [0.29, 0.717) is 26.2 Å². The number of esters is 1. The third-order valence-electron chi connectivity index (χ3n) is 4.25. The van der Waals surface area contributed by atoms with Crippen molar-refractivity contribution in [1.82, 2.24) is 15.5 Å². The molecule has 0 bridgehead atoms. The number of halogens is 1. The van der Waals surface area contributed by atoms with Crippen molar-refractivity contribution in [3.05, 3.63) is 0 Å². The van der Waals surface area contributed by atoms with Crippen LogP contribution in [-0.4, -0.2) is 62.1 Å². The number of nitrogens with zero attached hydrogens (tertiary/aromatic N) is 2. The molecule has 1 aliphatic rings. The Morgan fingerprint density at radius 2 is 1.85 bits per heavy atom. The van der Waals surface area contributed by atoms with Crippen molar-refractivity contribution in [3.8, 4) is 0 Å². The predicted molar refractivity (Wildman–Crippen MR) is 115 cm³/mol. The SMILES string of the molecule is CCNC(=O)C(C)(C)CN=C(NCC)N1CCCC(C(=O)OCC)C1.I. The minimum atomic E-state index is -0.576. The first-order chi connectivity index (χ1) is 11.9. The van der Waals surface area contributed by atoms with E-state index in [1.54, 1.807) is 0 Å². The molecule has 1 fully saturated rings. The van der Waals surface area contributed by atoms with E-state index in [-0.39, 0.29) is 41.8 Å². The summed E-state index contributed by atoms with van der Waals surface area (Å²) in [6.45, 7) is 13.1. The van der Waals surface area contributed by atoms with Crippen molar-refractivity contribution in [3.63, 3.8) is 0 Å². The van der Waals surface area contributed by atoms with Gasteiger partial charge in [0.2, 0.25) is 5.91 Å². The number of carbonyl (C=O) groups is 2. The summed E-state index contributed by atoms with van der Waals surface area (Å²) in [6, 6.07) is 0. The Hall–Kier alpha value is -1.06. The Morgan fingerprint density at radius 3 is 2.42 bits per heavy atom. The van der Waals surface area contributed by atoms with Gasteiger partial charge in [-0.05, 0) is 47.5 Å². The molecule has 1 unspecified atom stereocenters. The van der Waals surface area contributed by atoms with Gasteiger partial charge >= 0.3 is 5.97 Å². The predicted octanol–water partition coefficient (Wildman–Crippen LogP) is 2.01. The molecule has 0 aromatic heterocycles. The maximum absolute atomic E-state index is 12.1. The second kappa shape index (κ2) is 12.3. The van der Waals surface area contributed by atoms with Gasteiger partial charge in [-0.3, -0.25) is 14.6 Å². The Labute approximate surface area is 174 Å². The highest BCUT2D eigenvalue weighted by atomic mass is 127. The first-order valence-corrected chi connectivity index (χ1v) is 9.33. The van der Waals surface area contributed by atoms with E-state index in [0.717, 1.165) is 31.9 Å². The second-order valence-electron chi connectivity index (χ2n) is 6.95. The van der Waals surface area contributed by atoms with Crippen LogP contribution in [0.15, 0.2) is 4.99 Å². The molecule has 1 heterocycles. The molecule has 0 aliphatic carbocycles. The first kappa shape index (κ1) is 24.9. The molecule has 8 heteroatoms. The van der Waals surface area contributed by atoms with Gasteiger partial charge in [-0.25, -0.2) is 0 Å². The fraction of sp³-hybridized carbons (Fsp3) is 0.833. The number of ether oxygens (including phenoxy) is 1. The molecule has 0 aromatic carbocycles. The Balaban J connectivity index is 0.00000625. The molecule has 0 aromatic rings. The molecule has 152 valence electrons. The van der Waals surface area contributed by atoms with Crippen LogP contribution >= 0.6 is 24.0 Å². The molecule has 1 rings (SSSR count). The number of hydrogen-bond donors (Lipinski definition) is 2. The number of likely N-dealkylation sites (tertiary alicyclic amines) is 1. The number of piperidine rings is 1. The van der Waals surface area contributed by atoms with Gasteiger partial charge < -0.3 is 20.3 Å². The molecule has 26 heavy (non-hydrogen) atoms.